The number of hydrogen-bond donors (Lipinski definition) is 0. The van der Waals surface area contributed by atoms with E-state index in [4.69, 9.17) is 67.1 Å². The average Bonchev–Trinajstić information content (AvgIpc) is 2.16. The number of rotatable bonds is 28. The van der Waals surface area contributed by atoms with Crippen molar-refractivity contribution in [1.82, 2.24) is 0 Å². The first-order chi connectivity index (χ1) is 44.0. The molecule has 23 nitrogen and oxygen atoms in total. The Bertz CT molecular complexity index is 3500. The van der Waals surface area contributed by atoms with Crippen molar-refractivity contribution in [2.75, 3.05) is 52.8 Å². The minimum atomic E-state index is -1.92. The summed E-state index contributed by atoms with van der Waals surface area (Å²) in [5.41, 5.74) is 9.00. The van der Waals surface area contributed by atoms with Crippen LogP contribution in [0, 0.1) is 0 Å². The van der Waals surface area contributed by atoms with Gasteiger partial charge in [-0.2, -0.15) is 0 Å². The van der Waals surface area contributed by atoms with Crippen LogP contribution in [0.5, 0.6) is 0 Å². The van der Waals surface area contributed by atoms with Gasteiger partial charge < -0.3 is 61.6 Å². The van der Waals surface area contributed by atoms with E-state index in [2.05, 4.69) is 10.0 Å². The van der Waals surface area contributed by atoms with E-state index in [0.29, 0.717) is 0 Å². The first-order valence-electron chi connectivity index (χ1n) is 28.5. The molecule has 23 heteroatoms. The largest absolute Gasteiger partial charge is 0.459 e. The van der Waals surface area contributed by atoms with Crippen molar-refractivity contribution in [3.63, 3.8) is 0 Å². The van der Waals surface area contributed by atoms with Gasteiger partial charge in [-0.1, -0.05) is 133 Å². The fourth-order valence-electron chi connectivity index (χ4n) is 9.39. The van der Waals surface area contributed by atoms with Crippen LogP contribution in [0.15, 0.2) is 217 Å². The lowest BCUT2D eigenvalue weighted by Crippen LogP contribution is -2.65. The van der Waals surface area contributed by atoms with Crippen molar-refractivity contribution in [3.8, 4) is 0 Å². The molecule has 0 aromatic heterocycles. The zero-order valence-corrected chi connectivity index (χ0v) is 48.1. The second-order valence-corrected chi connectivity index (χ2v) is 19.8. The van der Waals surface area contributed by atoms with Crippen molar-refractivity contribution >= 4 is 41.8 Å². The second-order valence-electron chi connectivity index (χ2n) is 19.8. The number of hydrogen-bond acceptors (Lipinski definition) is 21. The van der Waals surface area contributed by atoms with E-state index in [0.717, 1.165) is 0 Å². The summed E-state index contributed by atoms with van der Waals surface area (Å²) in [5, 5.41) is 3.44. The molecule has 10 atom stereocenters. The zero-order valence-electron chi connectivity index (χ0n) is 48.1. The van der Waals surface area contributed by atoms with E-state index in [-0.39, 0.29) is 78.5 Å². The topological polar surface area (TPSA) is 288 Å². The highest BCUT2D eigenvalue weighted by molar-refractivity contribution is 5.93. The van der Waals surface area contributed by atoms with Crippen molar-refractivity contribution in [3.05, 3.63) is 262 Å². The standard InChI is InChI=1S/C67H61N3O20/c68-70-69-36-37-78-38-39-79-40-41-80-66-57(89-64(76)49-32-18-6-19-33-49)55(87-62(74)47-28-14-4-15-29-47)54(86-61(73)46-26-12-3-13-27-46)52(83-66)43-82-67-58(90-65(77)50-34-20-7-21-35-50)56(88-63(75)48-30-16-5-17-31-48)53(85-60(72)45-24-10-2-11-25-45)51(84-67)42-81-59(71)44-22-8-1-9-23-44/h1-35,51-58,66-67H,36-43H2/t51-,52-,53-,54-,55+,56+,57+,58+,66+,67+/m1/s1. The Balaban J connectivity index is 1.13. The molecule has 9 rings (SSSR count). The molecule has 90 heavy (non-hydrogen) atoms. The molecule has 0 spiro atoms. The van der Waals surface area contributed by atoms with Gasteiger partial charge in [0.1, 0.15) is 18.8 Å². The summed E-state index contributed by atoms with van der Waals surface area (Å²) in [7, 11) is 0. The van der Waals surface area contributed by atoms with Gasteiger partial charge >= 0.3 is 41.8 Å². The SMILES string of the molecule is [N-]=[N+]=NCCOCCOCCO[C@H]1O[C@H](CO[C@H]2O[C@H](COC(=O)c3ccccc3)[C@@H](OC(=O)c3ccccc3)[C@H](OC(=O)c3ccccc3)[C@@H]2OC(=O)c2ccccc2)[C@@H](OC(=O)c2ccccc2)[C@H](OC(=O)c2ccccc2)[C@@H]1OC(=O)c1ccccc1. The minimum absolute atomic E-state index is 0.0191. The monoisotopic (exact) mass is 1230 g/mol. The highest BCUT2D eigenvalue weighted by atomic mass is 16.8. The molecule has 2 fully saturated rings. The molecule has 2 aliphatic rings. The van der Waals surface area contributed by atoms with Crippen LogP contribution in [-0.4, -0.2) is 156 Å². The molecule has 464 valence electrons. The molecule has 2 saturated heterocycles. The lowest BCUT2D eigenvalue weighted by molar-refractivity contribution is -0.328. The van der Waals surface area contributed by atoms with Gasteiger partial charge in [-0.15, -0.1) is 0 Å². The highest BCUT2D eigenvalue weighted by Gasteiger charge is 2.57. The summed E-state index contributed by atoms with van der Waals surface area (Å²) < 4.78 is 81.0. The maximum Gasteiger partial charge on any atom is 0.338 e. The number of carbonyl (C=O) groups is 7. The molecule has 0 saturated carbocycles. The molecule has 2 aliphatic heterocycles. The first-order valence-corrected chi connectivity index (χ1v) is 28.5. The lowest BCUT2D eigenvalue weighted by Gasteiger charge is -2.46. The fourth-order valence-corrected chi connectivity index (χ4v) is 9.39. The number of ether oxygens (including phenoxy) is 13. The highest BCUT2D eigenvalue weighted by Crippen LogP contribution is 2.35. The maximum absolute atomic E-state index is 14.5. The smallest absolute Gasteiger partial charge is 0.338 e. The predicted molar refractivity (Wildman–Crippen MR) is 315 cm³/mol. The third-order valence-corrected chi connectivity index (χ3v) is 13.8. The van der Waals surface area contributed by atoms with Gasteiger partial charge in [0, 0.05) is 11.5 Å². The normalized spacial score (nSPS) is 21.0. The Morgan fingerprint density at radius 2 is 0.611 bits per heavy atom. The van der Waals surface area contributed by atoms with Crippen molar-refractivity contribution in [1.29, 1.82) is 0 Å². The van der Waals surface area contributed by atoms with Crippen LogP contribution in [0.1, 0.15) is 72.5 Å². The predicted octanol–water partition coefficient (Wildman–Crippen LogP) is 9.02. The van der Waals surface area contributed by atoms with E-state index < -0.39 is 116 Å². The van der Waals surface area contributed by atoms with Gasteiger partial charge in [-0.3, -0.25) is 0 Å². The fraction of sp³-hybridized carbons (Fsp3) is 0.269. The Kier molecular flexibility index (Phi) is 23.8. The Morgan fingerprint density at radius 1 is 0.333 bits per heavy atom. The number of azide groups is 1. The summed E-state index contributed by atoms with van der Waals surface area (Å²) in [5.74, 6) is -6.58. The zero-order chi connectivity index (χ0) is 62.9. The summed E-state index contributed by atoms with van der Waals surface area (Å²) >= 11 is 0. The first kappa shape index (κ1) is 64.4. The van der Waals surface area contributed by atoms with E-state index in [1.807, 2.05) is 0 Å². The molecule has 7 aromatic carbocycles. The van der Waals surface area contributed by atoms with Crippen LogP contribution < -0.4 is 0 Å². The molecule has 0 bridgehead atoms. The van der Waals surface area contributed by atoms with Gasteiger partial charge in [0.25, 0.3) is 0 Å². The lowest BCUT2D eigenvalue weighted by atomic mass is 9.96. The molecule has 0 amide bonds. The summed E-state index contributed by atoms with van der Waals surface area (Å²) in [6.45, 7) is -1.44. The molecule has 2 heterocycles. The minimum Gasteiger partial charge on any atom is -0.459 e. The van der Waals surface area contributed by atoms with Gasteiger partial charge in [-0.05, 0) is 90.5 Å². The summed E-state index contributed by atoms with van der Waals surface area (Å²) in [4.78, 5) is 103. The van der Waals surface area contributed by atoms with Crippen LogP contribution in [0.2, 0.25) is 0 Å². The Hall–Kier alpha value is -10.1. The van der Waals surface area contributed by atoms with Crippen LogP contribution in [0.25, 0.3) is 10.4 Å². The molecule has 0 unspecified atom stereocenters. The summed E-state index contributed by atoms with van der Waals surface area (Å²) in [6.07, 6.45) is -17.7. The average molecular weight is 1230 g/mol. The van der Waals surface area contributed by atoms with E-state index in [1.54, 1.807) is 127 Å². The van der Waals surface area contributed by atoms with Crippen LogP contribution in [0.3, 0.4) is 0 Å². The number of nitrogens with zero attached hydrogens (tertiary/aromatic N) is 3. The maximum atomic E-state index is 14.5. The summed E-state index contributed by atoms with van der Waals surface area (Å²) in [6, 6.07) is 54.7. The van der Waals surface area contributed by atoms with Crippen molar-refractivity contribution in [2.24, 2.45) is 5.11 Å². The Labute approximate surface area is 516 Å². The van der Waals surface area contributed by atoms with Crippen molar-refractivity contribution in [2.45, 2.75) is 61.4 Å². The third-order valence-electron chi connectivity index (χ3n) is 13.8. The van der Waals surface area contributed by atoms with E-state index >= 15 is 0 Å². The van der Waals surface area contributed by atoms with Crippen LogP contribution in [-0.2, 0) is 61.6 Å². The van der Waals surface area contributed by atoms with Crippen molar-refractivity contribution < 1.29 is 95.1 Å². The molecule has 7 aromatic rings. The molecule has 0 radical (unpaired) electrons. The van der Waals surface area contributed by atoms with Crippen LogP contribution >= 0.6 is 0 Å². The molecular weight excluding hydrogens is 1170 g/mol. The number of esters is 7. The second kappa shape index (κ2) is 33.3. The quantitative estimate of drug-likeness (QED) is 0.0110. The number of benzene rings is 7. The Morgan fingerprint density at radius 3 is 0.956 bits per heavy atom. The van der Waals surface area contributed by atoms with Gasteiger partial charge in [0.15, 0.2) is 49.2 Å². The number of carbonyl (C=O) groups excluding carboxylic acids is 7. The van der Waals surface area contributed by atoms with E-state index in [9.17, 15) is 33.6 Å². The third kappa shape index (κ3) is 18.0. The molecular formula is C67H61N3O20. The van der Waals surface area contributed by atoms with Gasteiger partial charge in [0.2, 0.25) is 0 Å². The molecule has 0 aliphatic carbocycles. The van der Waals surface area contributed by atoms with E-state index in [1.165, 1.54) is 84.9 Å². The van der Waals surface area contributed by atoms with Gasteiger partial charge in [-0.25, -0.2) is 33.6 Å². The van der Waals surface area contributed by atoms with Gasteiger partial charge in [0.05, 0.1) is 78.6 Å². The molecule has 0 N–H and O–H groups in total. The van der Waals surface area contributed by atoms with Crippen LogP contribution in [0.4, 0.5) is 0 Å².